The molecule has 1 saturated heterocycles. The van der Waals surface area contributed by atoms with E-state index in [1.54, 1.807) is 0 Å². The van der Waals surface area contributed by atoms with Gasteiger partial charge >= 0.3 is 0 Å². The van der Waals surface area contributed by atoms with Crippen LogP contribution in [0.4, 0.5) is 0 Å². The van der Waals surface area contributed by atoms with E-state index in [0.717, 1.165) is 38.5 Å². The largest absolute Gasteiger partial charge is 0.394 e. The van der Waals surface area contributed by atoms with Crippen molar-refractivity contribution in [1.82, 2.24) is 5.32 Å². The van der Waals surface area contributed by atoms with Crippen molar-refractivity contribution in [3.05, 3.63) is 0 Å². The van der Waals surface area contributed by atoms with Gasteiger partial charge in [-0.05, 0) is 12.8 Å². The minimum Gasteiger partial charge on any atom is -0.394 e. The van der Waals surface area contributed by atoms with Crippen LogP contribution in [0.1, 0.15) is 386 Å². The van der Waals surface area contributed by atoms with Crippen LogP contribution in [0.5, 0.6) is 0 Å². The second-order valence-electron chi connectivity index (χ2n) is 25.4. The van der Waals surface area contributed by atoms with Crippen LogP contribution in [0.3, 0.4) is 0 Å². The molecule has 9 nitrogen and oxygen atoms in total. The Hall–Kier alpha value is -0.810. The van der Waals surface area contributed by atoms with E-state index in [-0.39, 0.29) is 12.5 Å². The van der Waals surface area contributed by atoms with Gasteiger partial charge in [0.2, 0.25) is 5.91 Å². The molecule has 1 heterocycles. The van der Waals surface area contributed by atoms with E-state index in [4.69, 9.17) is 9.47 Å². The highest BCUT2D eigenvalue weighted by molar-refractivity contribution is 5.76. The van der Waals surface area contributed by atoms with E-state index < -0.39 is 49.5 Å². The molecular formula is C70H139NO8. The molecule has 1 fully saturated rings. The average molecular weight is 1120 g/mol. The highest BCUT2D eigenvalue weighted by atomic mass is 16.7. The fourth-order valence-corrected chi connectivity index (χ4v) is 12.1. The summed E-state index contributed by atoms with van der Waals surface area (Å²) in [6.07, 6.45) is 69.0. The van der Waals surface area contributed by atoms with Gasteiger partial charge in [-0.25, -0.2) is 0 Å². The van der Waals surface area contributed by atoms with E-state index in [1.807, 2.05) is 0 Å². The summed E-state index contributed by atoms with van der Waals surface area (Å²) in [5.74, 6) is -0.133. The Balaban J connectivity index is 2.05. The van der Waals surface area contributed by atoms with Gasteiger partial charge in [0, 0.05) is 6.42 Å². The van der Waals surface area contributed by atoms with Gasteiger partial charge in [-0.3, -0.25) is 4.79 Å². The van der Waals surface area contributed by atoms with Crippen molar-refractivity contribution >= 4 is 5.91 Å². The van der Waals surface area contributed by atoms with Crippen molar-refractivity contribution < 1.29 is 39.8 Å². The Labute approximate surface area is 491 Å². The fourth-order valence-electron chi connectivity index (χ4n) is 12.1. The molecule has 0 saturated carbocycles. The van der Waals surface area contributed by atoms with E-state index in [9.17, 15) is 30.3 Å². The molecule has 0 aromatic carbocycles. The van der Waals surface area contributed by atoms with Crippen molar-refractivity contribution in [2.24, 2.45) is 0 Å². The normalized spacial score (nSPS) is 18.4. The summed E-state index contributed by atoms with van der Waals surface area (Å²) in [5, 5.41) is 54.9. The lowest BCUT2D eigenvalue weighted by Crippen LogP contribution is -2.60. The number of rotatable bonds is 64. The van der Waals surface area contributed by atoms with E-state index >= 15 is 0 Å². The molecule has 0 bridgehead atoms. The molecule has 1 aliphatic rings. The van der Waals surface area contributed by atoms with Crippen LogP contribution in [-0.2, 0) is 14.3 Å². The predicted octanol–water partition coefficient (Wildman–Crippen LogP) is 19.3. The predicted molar refractivity (Wildman–Crippen MR) is 337 cm³/mol. The standard InChI is InChI=1S/C70H139NO8/c1-3-5-7-9-11-13-15-17-19-21-23-25-26-27-28-29-30-31-32-33-34-35-36-37-38-40-42-44-46-48-50-52-54-56-58-60-66(74)71-63(62-78-70-69(77)68(76)67(75)65(61-72)79-70)64(73)59-57-55-53-51-49-47-45-43-41-39-24-22-20-18-16-14-12-10-8-6-4-2/h63-65,67-70,72-73,75-77H,3-62H2,1-2H3,(H,71,74). The molecule has 7 atom stereocenters. The van der Waals surface area contributed by atoms with Crippen molar-refractivity contribution in [2.75, 3.05) is 13.2 Å². The molecule has 0 aromatic rings. The zero-order valence-electron chi connectivity index (χ0n) is 52.9. The zero-order valence-corrected chi connectivity index (χ0v) is 52.9. The summed E-state index contributed by atoms with van der Waals surface area (Å²) in [6, 6.07) is -0.715. The van der Waals surface area contributed by atoms with Gasteiger partial charge in [0.1, 0.15) is 24.4 Å². The molecule has 0 radical (unpaired) electrons. The molecule has 9 heteroatoms. The van der Waals surface area contributed by atoms with Gasteiger partial charge in [0.25, 0.3) is 0 Å². The third-order valence-corrected chi connectivity index (χ3v) is 17.7. The SMILES string of the molecule is CCCCCCCCCCCCCCCCCCCCCCCCCCCCCCCCCCCCCC(=O)NC(COC1OC(CO)C(O)C(O)C1O)C(O)CCCCCCCCCCCCCCCCCCCCCCC. The van der Waals surface area contributed by atoms with E-state index in [2.05, 4.69) is 19.2 Å². The quantitative estimate of drug-likeness (QED) is 0.0330. The number of aliphatic hydroxyl groups excluding tert-OH is 5. The number of hydrogen-bond donors (Lipinski definition) is 6. The van der Waals surface area contributed by atoms with Gasteiger partial charge in [-0.1, -0.05) is 367 Å². The van der Waals surface area contributed by atoms with Crippen molar-refractivity contribution in [2.45, 2.75) is 429 Å². The maximum absolute atomic E-state index is 13.1. The number of ether oxygens (including phenoxy) is 2. The molecule has 79 heavy (non-hydrogen) atoms. The van der Waals surface area contributed by atoms with Crippen LogP contribution >= 0.6 is 0 Å². The molecule has 6 N–H and O–H groups in total. The molecule has 1 aliphatic heterocycles. The number of amides is 1. The molecular weight excluding hydrogens is 983 g/mol. The van der Waals surface area contributed by atoms with Crippen molar-refractivity contribution in [1.29, 1.82) is 0 Å². The third kappa shape index (κ3) is 49.2. The third-order valence-electron chi connectivity index (χ3n) is 17.7. The Morgan fingerprint density at radius 3 is 0.899 bits per heavy atom. The Bertz CT molecular complexity index is 1210. The number of aliphatic hydroxyl groups is 5. The molecule has 0 aliphatic carbocycles. The first-order chi connectivity index (χ1) is 38.8. The number of carbonyl (C=O) groups is 1. The maximum Gasteiger partial charge on any atom is 0.220 e. The lowest BCUT2D eigenvalue weighted by atomic mass is 9.99. The molecule has 0 spiro atoms. The highest BCUT2D eigenvalue weighted by Gasteiger charge is 2.44. The fraction of sp³-hybridized carbons (Fsp3) is 0.986. The van der Waals surface area contributed by atoms with Crippen LogP contribution in [0.15, 0.2) is 0 Å². The first-order valence-electron chi connectivity index (χ1n) is 35.7. The molecule has 1 amide bonds. The van der Waals surface area contributed by atoms with Crippen LogP contribution in [0.2, 0.25) is 0 Å². The molecule has 7 unspecified atom stereocenters. The monoisotopic (exact) mass is 1120 g/mol. The van der Waals surface area contributed by atoms with E-state index in [1.165, 1.54) is 321 Å². The lowest BCUT2D eigenvalue weighted by Gasteiger charge is -2.40. The van der Waals surface area contributed by atoms with Gasteiger partial charge < -0.3 is 40.3 Å². The number of unbranched alkanes of at least 4 members (excludes halogenated alkanes) is 54. The van der Waals surface area contributed by atoms with E-state index in [0.29, 0.717) is 12.8 Å². The minimum absolute atomic E-state index is 0.130. The van der Waals surface area contributed by atoms with Crippen molar-refractivity contribution in [3.8, 4) is 0 Å². The summed E-state index contributed by atoms with van der Waals surface area (Å²) >= 11 is 0. The van der Waals surface area contributed by atoms with Crippen LogP contribution in [0, 0.1) is 0 Å². The smallest absolute Gasteiger partial charge is 0.220 e. The Morgan fingerprint density at radius 1 is 0.380 bits per heavy atom. The second-order valence-corrected chi connectivity index (χ2v) is 25.4. The Kier molecular flexibility index (Phi) is 58.2. The topological polar surface area (TPSA) is 149 Å². The number of nitrogens with one attached hydrogen (secondary N) is 1. The van der Waals surface area contributed by atoms with Crippen LogP contribution < -0.4 is 5.32 Å². The average Bonchev–Trinajstić information content (AvgIpc) is 3.47. The minimum atomic E-state index is -1.55. The summed E-state index contributed by atoms with van der Waals surface area (Å²) in [6.45, 7) is 3.91. The van der Waals surface area contributed by atoms with Gasteiger partial charge in [0.05, 0.1) is 25.4 Å². The van der Waals surface area contributed by atoms with Crippen molar-refractivity contribution in [3.63, 3.8) is 0 Å². The molecule has 472 valence electrons. The molecule has 1 rings (SSSR count). The number of hydrogen-bond acceptors (Lipinski definition) is 8. The number of carbonyl (C=O) groups excluding carboxylic acids is 1. The lowest BCUT2D eigenvalue weighted by molar-refractivity contribution is -0.302. The first-order valence-corrected chi connectivity index (χ1v) is 35.7. The maximum atomic E-state index is 13.1. The zero-order chi connectivity index (χ0) is 57.2. The van der Waals surface area contributed by atoms with Crippen LogP contribution in [-0.4, -0.2) is 87.5 Å². The van der Waals surface area contributed by atoms with Gasteiger partial charge in [-0.15, -0.1) is 0 Å². The van der Waals surface area contributed by atoms with Gasteiger partial charge in [-0.2, -0.15) is 0 Å². The first kappa shape index (κ1) is 76.2. The summed E-state index contributed by atoms with van der Waals surface area (Å²) < 4.78 is 11.4. The summed E-state index contributed by atoms with van der Waals surface area (Å²) in [4.78, 5) is 13.1. The summed E-state index contributed by atoms with van der Waals surface area (Å²) in [7, 11) is 0. The highest BCUT2D eigenvalue weighted by Crippen LogP contribution is 2.24. The van der Waals surface area contributed by atoms with Crippen LogP contribution in [0.25, 0.3) is 0 Å². The second kappa shape index (κ2) is 60.3. The summed E-state index contributed by atoms with van der Waals surface area (Å²) in [5.41, 5.74) is 0. The molecule has 0 aromatic heterocycles. The van der Waals surface area contributed by atoms with Gasteiger partial charge in [0.15, 0.2) is 6.29 Å². The Morgan fingerprint density at radius 2 is 0.633 bits per heavy atom.